The molecule has 100 valence electrons. The van der Waals surface area contributed by atoms with Gasteiger partial charge in [0.05, 0.1) is 11.6 Å². The number of aromatic nitrogens is 1. The van der Waals surface area contributed by atoms with Crippen LogP contribution in [0.1, 0.15) is 18.4 Å². The zero-order chi connectivity index (χ0) is 13.7. The molecule has 0 atom stereocenters. The Morgan fingerprint density at radius 2 is 2.26 bits per heavy atom. The van der Waals surface area contributed by atoms with Gasteiger partial charge in [0.2, 0.25) is 0 Å². The fourth-order valence-electron chi connectivity index (χ4n) is 1.98. The van der Waals surface area contributed by atoms with E-state index in [1.54, 1.807) is 7.05 Å². The number of nitrogens with zero attached hydrogens (tertiary/aromatic N) is 2. The summed E-state index contributed by atoms with van der Waals surface area (Å²) in [6.07, 6.45) is 2.35. The smallest absolute Gasteiger partial charge is 0.408 e. The topological polar surface area (TPSA) is 71.0 Å². The monoisotopic (exact) mass is 259 g/mol. The van der Waals surface area contributed by atoms with Crippen molar-refractivity contribution in [1.29, 1.82) is 5.26 Å². The summed E-state index contributed by atoms with van der Waals surface area (Å²) in [6, 6.07) is 7.95. The molecule has 0 fully saturated rings. The second kappa shape index (κ2) is 6.21. The minimum absolute atomic E-state index is 0.332. The Morgan fingerprint density at radius 1 is 1.42 bits per heavy atom. The molecule has 0 amide bonds. The molecule has 1 aromatic heterocycles. The molecule has 0 aliphatic rings. The standard InChI is InChI=1S/C14H17N3O2/c1-17-12-5-4-11(10-13(12)19-14(17)18)6-9-16-8-3-2-7-15/h4-5,10,16H,2-3,6,8-9H2,1H3. The highest BCUT2D eigenvalue weighted by Gasteiger charge is 2.05. The van der Waals surface area contributed by atoms with Crippen molar-refractivity contribution in [1.82, 2.24) is 9.88 Å². The fourth-order valence-corrected chi connectivity index (χ4v) is 1.98. The van der Waals surface area contributed by atoms with Crippen molar-refractivity contribution in [3.8, 4) is 6.07 Å². The fraction of sp³-hybridized carbons (Fsp3) is 0.429. The van der Waals surface area contributed by atoms with Crippen molar-refractivity contribution >= 4 is 11.1 Å². The molecular weight excluding hydrogens is 242 g/mol. The van der Waals surface area contributed by atoms with Crippen molar-refractivity contribution in [2.75, 3.05) is 13.1 Å². The molecule has 2 rings (SSSR count). The Kier molecular flexibility index (Phi) is 4.37. The first-order chi connectivity index (χ1) is 9.22. The Bertz CT molecular complexity index is 649. The number of rotatable bonds is 6. The third-order valence-corrected chi connectivity index (χ3v) is 3.09. The number of nitrogens with one attached hydrogen (secondary N) is 1. The predicted molar refractivity (Wildman–Crippen MR) is 72.9 cm³/mol. The Labute approximate surface area is 111 Å². The van der Waals surface area contributed by atoms with Gasteiger partial charge in [-0.15, -0.1) is 0 Å². The van der Waals surface area contributed by atoms with Gasteiger partial charge < -0.3 is 9.73 Å². The van der Waals surface area contributed by atoms with Crippen LogP contribution in [0, 0.1) is 11.3 Å². The van der Waals surface area contributed by atoms with Gasteiger partial charge in [0.1, 0.15) is 0 Å². The van der Waals surface area contributed by atoms with E-state index < -0.39 is 0 Å². The van der Waals surface area contributed by atoms with Crippen LogP contribution in [-0.4, -0.2) is 17.7 Å². The van der Waals surface area contributed by atoms with Crippen molar-refractivity contribution in [3.63, 3.8) is 0 Å². The maximum Gasteiger partial charge on any atom is 0.419 e. The van der Waals surface area contributed by atoms with E-state index in [9.17, 15) is 4.79 Å². The second-order valence-electron chi connectivity index (χ2n) is 4.49. The lowest BCUT2D eigenvalue weighted by Gasteiger charge is -2.03. The van der Waals surface area contributed by atoms with Gasteiger partial charge in [-0.2, -0.15) is 5.26 Å². The summed E-state index contributed by atoms with van der Waals surface area (Å²) in [5.74, 6) is -0.332. The highest BCUT2D eigenvalue weighted by Crippen LogP contribution is 2.14. The summed E-state index contributed by atoms with van der Waals surface area (Å²) in [4.78, 5) is 11.4. The second-order valence-corrected chi connectivity index (χ2v) is 4.49. The van der Waals surface area contributed by atoms with Gasteiger partial charge in [0.25, 0.3) is 0 Å². The summed E-state index contributed by atoms with van der Waals surface area (Å²) in [5.41, 5.74) is 2.58. The lowest BCUT2D eigenvalue weighted by molar-refractivity contribution is 0.527. The molecule has 5 nitrogen and oxygen atoms in total. The molecule has 19 heavy (non-hydrogen) atoms. The number of nitriles is 1. The SMILES string of the molecule is Cn1c(=O)oc2cc(CCNCCCC#N)ccc21. The minimum atomic E-state index is -0.332. The van der Waals surface area contributed by atoms with E-state index in [0.29, 0.717) is 12.0 Å². The van der Waals surface area contributed by atoms with E-state index in [1.807, 2.05) is 18.2 Å². The van der Waals surface area contributed by atoms with Crippen LogP contribution in [0.5, 0.6) is 0 Å². The van der Waals surface area contributed by atoms with Crippen molar-refractivity contribution < 1.29 is 4.42 Å². The zero-order valence-electron chi connectivity index (χ0n) is 11.0. The molecule has 0 radical (unpaired) electrons. The first-order valence-electron chi connectivity index (χ1n) is 6.38. The van der Waals surface area contributed by atoms with Gasteiger partial charge in [-0.3, -0.25) is 4.57 Å². The van der Waals surface area contributed by atoms with Crippen molar-refractivity contribution in [2.24, 2.45) is 7.05 Å². The molecule has 0 bridgehead atoms. The van der Waals surface area contributed by atoms with Crippen LogP contribution in [0.2, 0.25) is 0 Å². The highest BCUT2D eigenvalue weighted by molar-refractivity contribution is 5.73. The van der Waals surface area contributed by atoms with Gasteiger partial charge in [-0.05, 0) is 43.6 Å². The van der Waals surface area contributed by atoms with Gasteiger partial charge in [-0.1, -0.05) is 6.07 Å². The highest BCUT2D eigenvalue weighted by atomic mass is 16.4. The average molecular weight is 259 g/mol. The lowest BCUT2D eigenvalue weighted by Crippen LogP contribution is -2.18. The molecule has 0 aliphatic carbocycles. The lowest BCUT2D eigenvalue weighted by atomic mass is 10.1. The molecule has 0 spiro atoms. The first kappa shape index (κ1) is 13.4. The molecular formula is C14H17N3O2. The number of unbranched alkanes of at least 4 members (excludes halogenated alkanes) is 1. The summed E-state index contributed by atoms with van der Waals surface area (Å²) >= 11 is 0. The molecule has 1 N–H and O–H groups in total. The molecule has 0 saturated heterocycles. The van der Waals surface area contributed by atoms with E-state index in [4.69, 9.17) is 9.68 Å². The van der Waals surface area contributed by atoms with Gasteiger partial charge in [-0.25, -0.2) is 4.79 Å². The van der Waals surface area contributed by atoms with Crippen LogP contribution >= 0.6 is 0 Å². The molecule has 0 aliphatic heterocycles. The van der Waals surface area contributed by atoms with E-state index in [0.717, 1.165) is 37.0 Å². The van der Waals surface area contributed by atoms with Crippen molar-refractivity contribution in [2.45, 2.75) is 19.3 Å². The van der Waals surface area contributed by atoms with Crippen LogP contribution < -0.4 is 11.1 Å². The predicted octanol–water partition coefficient (Wildman–Crippen LogP) is 1.57. The Balaban J connectivity index is 1.91. The minimum Gasteiger partial charge on any atom is -0.408 e. The summed E-state index contributed by atoms with van der Waals surface area (Å²) < 4.78 is 6.65. The molecule has 0 unspecified atom stereocenters. The molecule has 1 aromatic carbocycles. The van der Waals surface area contributed by atoms with Crippen molar-refractivity contribution in [3.05, 3.63) is 34.3 Å². The van der Waals surface area contributed by atoms with Gasteiger partial charge in [0.15, 0.2) is 5.58 Å². The van der Waals surface area contributed by atoms with E-state index in [1.165, 1.54) is 4.57 Å². The quantitative estimate of drug-likeness (QED) is 0.799. The number of oxazole rings is 1. The van der Waals surface area contributed by atoms with Crippen LogP contribution in [0.15, 0.2) is 27.4 Å². The van der Waals surface area contributed by atoms with Crippen LogP contribution in [0.3, 0.4) is 0 Å². The summed E-state index contributed by atoms with van der Waals surface area (Å²) in [7, 11) is 1.70. The number of benzene rings is 1. The molecule has 0 saturated carbocycles. The van der Waals surface area contributed by atoms with E-state index in [-0.39, 0.29) is 5.76 Å². The van der Waals surface area contributed by atoms with E-state index in [2.05, 4.69) is 11.4 Å². The molecule has 2 aromatic rings. The summed E-state index contributed by atoms with van der Waals surface area (Å²) in [6.45, 7) is 1.71. The third-order valence-electron chi connectivity index (χ3n) is 3.09. The zero-order valence-corrected chi connectivity index (χ0v) is 11.0. The Hall–Kier alpha value is -2.06. The maximum atomic E-state index is 11.4. The molecule has 1 heterocycles. The number of hydrogen-bond donors (Lipinski definition) is 1. The normalized spacial score (nSPS) is 10.7. The summed E-state index contributed by atoms with van der Waals surface area (Å²) in [5, 5.41) is 11.7. The van der Waals surface area contributed by atoms with Gasteiger partial charge in [0, 0.05) is 13.5 Å². The third kappa shape index (κ3) is 3.24. The van der Waals surface area contributed by atoms with E-state index >= 15 is 0 Å². The number of fused-ring (bicyclic) bond motifs is 1. The largest absolute Gasteiger partial charge is 0.419 e. The van der Waals surface area contributed by atoms with Gasteiger partial charge >= 0.3 is 5.76 Å². The number of aryl methyl sites for hydroxylation is 1. The van der Waals surface area contributed by atoms with Crippen LogP contribution in [-0.2, 0) is 13.5 Å². The maximum absolute atomic E-state index is 11.4. The number of hydrogen-bond acceptors (Lipinski definition) is 4. The first-order valence-corrected chi connectivity index (χ1v) is 6.38. The van der Waals surface area contributed by atoms with Crippen LogP contribution in [0.4, 0.5) is 0 Å². The molecule has 5 heteroatoms. The Morgan fingerprint density at radius 3 is 3.05 bits per heavy atom. The average Bonchev–Trinajstić information content (AvgIpc) is 2.69. The van der Waals surface area contributed by atoms with Crippen LogP contribution in [0.25, 0.3) is 11.1 Å².